The minimum Gasteiger partial charge on any atom is -0.294 e. The molecule has 0 amide bonds. The average molecular weight is 209 g/mol. The van der Waals surface area contributed by atoms with Gasteiger partial charge < -0.3 is 0 Å². The predicted octanol–water partition coefficient (Wildman–Crippen LogP) is 2.45. The van der Waals surface area contributed by atoms with E-state index in [9.17, 15) is 18.0 Å². The van der Waals surface area contributed by atoms with E-state index in [2.05, 4.69) is 4.98 Å². The van der Waals surface area contributed by atoms with E-state index in [-0.39, 0.29) is 15.7 Å². The molecule has 0 aliphatic carbocycles. The summed E-state index contributed by atoms with van der Waals surface area (Å²) in [5.41, 5.74) is 0. The van der Waals surface area contributed by atoms with Gasteiger partial charge in [-0.1, -0.05) is 0 Å². The van der Waals surface area contributed by atoms with Crippen molar-refractivity contribution in [3.05, 3.63) is 16.1 Å². The molecule has 13 heavy (non-hydrogen) atoms. The molecule has 0 aliphatic rings. The van der Waals surface area contributed by atoms with Crippen molar-refractivity contribution >= 4 is 17.1 Å². The molecule has 0 spiro atoms. The number of rotatable bonds is 2. The fourth-order valence-electron chi connectivity index (χ4n) is 0.726. The highest BCUT2D eigenvalue weighted by molar-refractivity contribution is 7.13. The van der Waals surface area contributed by atoms with E-state index in [1.807, 2.05) is 0 Å². The van der Waals surface area contributed by atoms with Crippen LogP contribution in [-0.4, -0.2) is 16.9 Å². The van der Waals surface area contributed by atoms with Gasteiger partial charge in [0.2, 0.25) is 0 Å². The van der Waals surface area contributed by atoms with Crippen LogP contribution in [0.5, 0.6) is 0 Å². The molecule has 72 valence electrons. The van der Waals surface area contributed by atoms with Gasteiger partial charge in [-0.05, 0) is 0 Å². The summed E-state index contributed by atoms with van der Waals surface area (Å²) in [6, 6.07) is 0. The summed E-state index contributed by atoms with van der Waals surface area (Å²) in [5, 5.41) is -0.0716. The van der Waals surface area contributed by atoms with Crippen molar-refractivity contribution in [3.8, 4) is 0 Å². The van der Waals surface area contributed by atoms with Crippen molar-refractivity contribution < 1.29 is 18.0 Å². The molecule has 0 aromatic carbocycles. The molecule has 2 nitrogen and oxygen atoms in total. The molecule has 0 fully saturated rings. The second-order valence-electron chi connectivity index (χ2n) is 2.47. The van der Waals surface area contributed by atoms with Gasteiger partial charge >= 0.3 is 6.18 Å². The van der Waals surface area contributed by atoms with Gasteiger partial charge in [0.1, 0.15) is 5.01 Å². The van der Waals surface area contributed by atoms with Gasteiger partial charge in [-0.25, -0.2) is 4.98 Å². The Kier molecular flexibility index (Phi) is 2.70. The molecule has 0 N–H and O–H groups in total. The SMILES string of the molecule is CC(=O)c1cnc(CC(F)(F)F)s1. The number of carbonyl (C=O) groups excluding carboxylic acids is 1. The zero-order valence-electron chi connectivity index (χ0n) is 6.68. The Balaban J connectivity index is 2.75. The van der Waals surface area contributed by atoms with Gasteiger partial charge in [-0.3, -0.25) is 4.79 Å². The number of hydrogen-bond acceptors (Lipinski definition) is 3. The molecular weight excluding hydrogens is 203 g/mol. The molecular formula is C7H6F3NOS. The first-order chi connectivity index (χ1) is 5.88. The average Bonchev–Trinajstić information content (AvgIpc) is 2.31. The third kappa shape index (κ3) is 3.14. The van der Waals surface area contributed by atoms with Gasteiger partial charge in [-0.15, -0.1) is 11.3 Å². The van der Waals surface area contributed by atoms with Crippen molar-refractivity contribution in [3.63, 3.8) is 0 Å². The Hall–Kier alpha value is -0.910. The fourth-order valence-corrected chi connectivity index (χ4v) is 1.57. The van der Waals surface area contributed by atoms with E-state index in [0.29, 0.717) is 0 Å². The lowest BCUT2D eigenvalue weighted by Gasteiger charge is -2.01. The van der Waals surface area contributed by atoms with Gasteiger partial charge in [-0.2, -0.15) is 13.2 Å². The largest absolute Gasteiger partial charge is 0.395 e. The number of thiazole rings is 1. The Labute approximate surface area is 76.4 Å². The molecule has 0 bridgehead atoms. The first kappa shape index (κ1) is 10.2. The molecule has 0 saturated heterocycles. The third-order valence-electron chi connectivity index (χ3n) is 1.25. The van der Waals surface area contributed by atoms with Crippen molar-refractivity contribution in [1.29, 1.82) is 0 Å². The maximum Gasteiger partial charge on any atom is 0.395 e. The van der Waals surface area contributed by atoms with Crippen molar-refractivity contribution in [2.45, 2.75) is 19.5 Å². The molecule has 6 heteroatoms. The van der Waals surface area contributed by atoms with Crippen LogP contribution in [0, 0.1) is 0 Å². The zero-order chi connectivity index (χ0) is 10.1. The van der Waals surface area contributed by atoms with E-state index >= 15 is 0 Å². The Morgan fingerprint density at radius 3 is 2.62 bits per heavy atom. The van der Waals surface area contributed by atoms with Gasteiger partial charge in [0.25, 0.3) is 0 Å². The lowest BCUT2D eigenvalue weighted by molar-refractivity contribution is -0.127. The minimum absolute atomic E-state index is 0.0716. The second kappa shape index (κ2) is 3.45. The van der Waals surface area contributed by atoms with Gasteiger partial charge in [0.05, 0.1) is 11.3 Å². The van der Waals surface area contributed by atoms with Crippen LogP contribution in [0.15, 0.2) is 6.20 Å². The third-order valence-corrected chi connectivity index (χ3v) is 2.35. The van der Waals surface area contributed by atoms with E-state index in [1.54, 1.807) is 0 Å². The lowest BCUT2D eigenvalue weighted by atomic mass is 10.4. The number of ketones is 1. The Bertz CT molecular complexity index is 318. The monoisotopic (exact) mass is 209 g/mol. The van der Waals surface area contributed by atoms with Crippen LogP contribution >= 0.6 is 11.3 Å². The van der Waals surface area contributed by atoms with Gasteiger partial charge in [0.15, 0.2) is 5.78 Å². The van der Waals surface area contributed by atoms with Crippen LogP contribution in [-0.2, 0) is 6.42 Å². The fraction of sp³-hybridized carbons (Fsp3) is 0.429. The maximum absolute atomic E-state index is 11.8. The van der Waals surface area contributed by atoms with E-state index < -0.39 is 12.6 Å². The van der Waals surface area contributed by atoms with Crippen molar-refractivity contribution in [1.82, 2.24) is 4.98 Å². The molecule has 0 saturated carbocycles. The number of halogens is 3. The summed E-state index contributed by atoms with van der Waals surface area (Å²) in [5.74, 6) is -0.258. The highest BCUT2D eigenvalue weighted by atomic mass is 32.1. The molecule has 1 rings (SSSR count). The minimum atomic E-state index is -4.26. The summed E-state index contributed by atoms with van der Waals surface area (Å²) < 4.78 is 35.5. The Morgan fingerprint density at radius 2 is 2.23 bits per heavy atom. The first-order valence-corrected chi connectivity index (χ1v) is 4.22. The second-order valence-corrected chi connectivity index (χ2v) is 3.58. The first-order valence-electron chi connectivity index (χ1n) is 3.41. The van der Waals surface area contributed by atoms with Crippen LogP contribution in [0.2, 0.25) is 0 Å². The summed E-state index contributed by atoms with van der Waals surface area (Å²) in [6.07, 6.45) is -4.15. The number of hydrogen-bond donors (Lipinski definition) is 0. The topological polar surface area (TPSA) is 30.0 Å². The maximum atomic E-state index is 11.8. The van der Waals surface area contributed by atoms with Crippen molar-refractivity contribution in [2.75, 3.05) is 0 Å². The predicted molar refractivity (Wildman–Crippen MR) is 41.9 cm³/mol. The molecule has 0 aliphatic heterocycles. The zero-order valence-corrected chi connectivity index (χ0v) is 7.50. The highest BCUT2D eigenvalue weighted by Crippen LogP contribution is 2.24. The van der Waals surface area contributed by atoms with E-state index in [0.717, 1.165) is 11.3 Å². The standard InChI is InChI=1S/C7H6F3NOS/c1-4(12)5-3-11-6(13-5)2-7(8,9)10/h3H,2H2,1H3. The molecule has 1 heterocycles. The van der Waals surface area contributed by atoms with Crippen LogP contribution in [0.4, 0.5) is 13.2 Å². The summed E-state index contributed by atoms with van der Waals surface area (Å²) >= 11 is 0.787. The Morgan fingerprint density at radius 1 is 1.62 bits per heavy atom. The van der Waals surface area contributed by atoms with Crippen LogP contribution in [0.25, 0.3) is 0 Å². The van der Waals surface area contributed by atoms with Crippen LogP contribution in [0.1, 0.15) is 21.6 Å². The summed E-state index contributed by atoms with van der Waals surface area (Å²) in [7, 11) is 0. The smallest absolute Gasteiger partial charge is 0.294 e. The summed E-state index contributed by atoms with van der Waals surface area (Å²) in [6.45, 7) is 1.30. The lowest BCUT2D eigenvalue weighted by Crippen LogP contribution is -2.10. The quantitative estimate of drug-likeness (QED) is 0.700. The number of nitrogens with zero attached hydrogens (tertiary/aromatic N) is 1. The molecule has 0 unspecified atom stereocenters. The number of carbonyl (C=O) groups is 1. The van der Waals surface area contributed by atoms with E-state index in [4.69, 9.17) is 0 Å². The molecule has 1 aromatic rings. The van der Waals surface area contributed by atoms with Gasteiger partial charge in [0, 0.05) is 13.1 Å². The van der Waals surface area contributed by atoms with Crippen LogP contribution < -0.4 is 0 Å². The van der Waals surface area contributed by atoms with E-state index in [1.165, 1.54) is 13.1 Å². The molecule has 1 aromatic heterocycles. The van der Waals surface area contributed by atoms with Crippen molar-refractivity contribution in [2.24, 2.45) is 0 Å². The summed E-state index contributed by atoms with van der Waals surface area (Å²) in [4.78, 5) is 14.5. The number of aromatic nitrogens is 1. The molecule has 0 radical (unpaired) electrons. The number of Topliss-reactive ketones (excluding diaryl/α,β-unsaturated/α-hetero) is 1. The normalized spacial score (nSPS) is 11.7. The number of alkyl halides is 3. The highest BCUT2D eigenvalue weighted by Gasteiger charge is 2.29. The van der Waals surface area contributed by atoms with Crippen LogP contribution in [0.3, 0.4) is 0 Å². The molecule has 0 atom stereocenters.